The lowest BCUT2D eigenvalue weighted by molar-refractivity contribution is 0.0288. The predicted molar refractivity (Wildman–Crippen MR) is 77.2 cm³/mol. The van der Waals surface area contributed by atoms with Crippen LogP contribution in [0.15, 0.2) is 30.3 Å². The minimum absolute atomic E-state index is 0.0644. The Balaban J connectivity index is 2.16. The van der Waals surface area contributed by atoms with Crippen LogP contribution in [0.3, 0.4) is 0 Å². The highest BCUT2D eigenvalue weighted by Crippen LogP contribution is 2.55. The summed E-state index contributed by atoms with van der Waals surface area (Å²) in [4.78, 5) is 0. The van der Waals surface area contributed by atoms with Gasteiger partial charge in [-0.1, -0.05) is 44.9 Å². The highest BCUT2D eigenvalue weighted by atomic mass is 31.2. The molecule has 0 aliphatic carbocycles. The van der Waals surface area contributed by atoms with Crippen molar-refractivity contribution in [3.63, 3.8) is 0 Å². The van der Waals surface area contributed by atoms with E-state index in [-0.39, 0.29) is 11.7 Å². The molecule has 2 nitrogen and oxygen atoms in total. The van der Waals surface area contributed by atoms with E-state index < -0.39 is 8.38 Å². The van der Waals surface area contributed by atoms with Crippen molar-refractivity contribution >= 4 is 13.7 Å². The molecule has 3 heteroatoms. The third kappa shape index (κ3) is 2.77. The summed E-state index contributed by atoms with van der Waals surface area (Å²) >= 11 is 0. The Bertz CT molecular complexity index is 360. The van der Waals surface area contributed by atoms with Gasteiger partial charge in [0.05, 0.1) is 6.10 Å². The van der Waals surface area contributed by atoms with Gasteiger partial charge in [0.15, 0.2) is 0 Å². The van der Waals surface area contributed by atoms with Gasteiger partial charge in [-0.2, -0.15) is 0 Å². The molecule has 1 aliphatic rings. The lowest BCUT2D eigenvalue weighted by Gasteiger charge is -2.30. The van der Waals surface area contributed by atoms with Crippen molar-refractivity contribution in [1.29, 1.82) is 0 Å². The topological polar surface area (TPSA) is 18.5 Å². The zero-order chi connectivity index (χ0) is 13.0. The second-order valence-electron chi connectivity index (χ2n) is 5.00. The van der Waals surface area contributed by atoms with Gasteiger partial charge in [-0.15, -0.1) is 0 Å². The number of hydrogen-bond acceptors (Lipinski definition) is 2. The fraction of sp³-hybridized carbons (Fsp3) is 0.600. The van der Waals surface area contributed by atoms with Gasteiger partial charge in [-0.3, -0.25) is 0 Å². The summed E-state index contributed by atoms with van der Waals surface area (Å²) in [7, 11) is -0.891. The smallest absolute Gasteiger partial charge is 0.206 e. The number of benzene rings is 1. The lowest BCUT2D eigenvalue weighted by atomic mass is 9.88. The lowest BCUT2D eigenvalue weighted by Crippen LogP contribution is -2.37. The molecule has 2 rings (SSSR count). The fourth-order valence-electron chi connectivity index (χ4n) is 2.63. The number of rotatable bonds is 5. The second-order valence-corrected chi connectivity index (χ2v) is 6.42. The minimum atomic E-state index is -0.891. The minimum Gasteiger partial charge on any atom is -0.324 e. The standard InChI is InChI=1S/C15H23O2P/c1-4-11-15(12-5-2)13(3)16-18(17-15)14-9-7-6-8-10-14/h6-10,13H,4-5,11-12H2,1-3H3. The molecule has 1 fully saturated rings. The SMILES string of the molecule is CCCC1(CCC)OP(c2ccccc2)OC1C. The van der Waals surface area contributed by atoms with E-state index in [2.05, 4.69) is 45.0 Å². The molecule has 100 valence electrons. The van der Waals surface area contributed by atoms with Crippen molar-refractivity contribution in [1.82, 2.24) is 0 Å². The van der Waals surface area contributed by atoms with Gasteiger partial charge in [0.1, 0.15) is 5.60 Å². The predicted octanol–water partition coefficient (Wildman–Crippen LogP) is 4.40. The molecule has 0 radical (unpaired) electrons. The quantitative estimate of drug-likeness (QED) is 0.735. The van der Waals surface area contributed by atoms with E-state index in [1.54, 1.807) is 0 Å². The zero-order valence-electron chi connectivity index (χ0n) is 11.6. The summed E-state index contributed by atoms with van der Waals surface area (Å²) in [5, 5.41) is 1.19. The average Bonchev–Trinajstić information content (AvgIpc) is 2.69. The van der Waals surface area contributed by atoms with Gasteiger partial charge in [0, 0.05) is 5.30 Å². The van der Waals surface area contributed by atoms with E-state index >= 15 is 0 Å². The Morgan fingerprint density at radius 1 is 1.11 bits per heavy atom. The molecule has 0 saturated carbocycles. The average molecular weight is 266 g/mol. The van der Waals surface area contributed by atoms with Crippen molar-refractivity contribution in [3.05, 3.63) is 30.3 Å². The molecule has 1 aromatic rings. The fourth-order valence-corrected chi connectivity index (χ4v) is 4.46. The van der Waals surface area contributed by atoms with Crippen molar-refractivity contribution < 1.29 is 9.05 Å². The Morgan fingerprint density at radius 3 is 2.28 bits per heavy atom. The van der Waals surface area contributed by atoms with Crippen molar-refractivity contribution in [2.24, 2.45) is 0 Å². The van der Waals surface area contributed by atoms with Crippen LogP contribution >= 0.6 is 8.38 Å². The first-order valence-electron chi connectivity index (χ1n) is 6.93. The summed E-state index contributed by atoms with van der Waals surface area (Å²) < 4.78 is 12.5. The van der Waals surface area contributed by atoms with E-state index in [4.69, 9.17) is 9.05 Å². The van der Waals surface area contributed by atoms with Crippen molar-refractivity contribution in [3.8, 4) is 0 Å². The molecule has 1 saturated heterocycles. The first-order valence-corrected chi connectivity index (χ1v) is 8.10. The maximum Gasteiger partial charge on any atom is 0.206 e. The van der Waals surface area contributed by atoms with Crippen LogP contribution in [-0.2, 0) is 9.05 Å². The molecule has 0 N–H and O–H groups in total. The summed E-state index contributed by atoms with van der Waals surface area (Å²) in [6.45, 7) is 6.60. The zero-order valence-corrected chi connectivity index (χ0v) is 12.5. The van der Waals surface area contributed by atoms with Crippen LogP contribution < -0.4 is 5.30 Å². The van der Waals surface area contributed by atoms with Gasteiger partial charge in [0.2, 0.25) is 8.38 Å². The Morgan fingerprint density at radius 2 is 1.72 bits per heavy atom. The Labute approximate surface area is 112 Å². The number of hydrogen-bond donors (Lipinski definition) is 0. The van der Waals surface area contributed by atoms with Crippen LogP contribution in [0.4, 0.5) is 0 Å². The normalized spacial score (nSPS) is 26.4. The maximum atomic E-state index is 6.37. The molecular weight excluding hydrogens is 243 g/mol. The van der Waals surface area contributed by atoms with Crippen LogP contribution in [0, 0.1) is 0 Å². The highest BCUT2D eigenvalue weighted by Gasteiger charge is 2.47. The molecule has 1 heterocycles. The van der Waals surface area contributed by atoms with E-state index in [1.165, 1.54) is 5.30 Å². The van der Waals surface area contributed by atoms with E-state index in [1.807, 2.05) is 6.07 Å². The summed E-state index contributed by atoms with van der Waals surface area (Å²) in [6, 6.07) is 10.3. The second kappa shape index (κ2) is 6.14. The van der Waals surface area contributed by atoms with Gasteiger partial charge < -0.3 is 9.05 Å². The molecule has 2 atom stereocenters. The van der Waals surface area contributed by atoms with E-state index in [9.17, 15) is 0 Å². The molecule has 0 amide bonds. The molecule has 1 aliphatic heterocycles. The van der Waals surface area contributed by atoms with Crippen LogP contribution in [0.1, 0.15) is 46.5 Å². The molecule has 0 spiro atoms. The van der Waals surface area contributed by atoms with Crippen LogP contribution in [-0.4, -0.2) is 11.7 Å². The van der Waals surface area contributed by atoms with Gasteiger partial charge in [0.25, 0.3) is 0 Å². The summed E-state index contributed by atoms with van der Waals surface area (Å²) in [6.07, 6.45) is 4.67. The van der Waals surface area contributed by atoms with Crippen LogP contribution in [0.25, 0.3) is 0 Å². The monoisotopic (exact) mass is 266 g/mol. The maximum absolute atomic E-state index is 6.37. The highest BCUT2D eigenvalue weighted by molar-refractivity contribution is 7.56. The van der Waals surface area contributed by atoms with Crippen molar-refractivity contribution in [2.75, 3.05) is 0 Å². The first kappa shape index (κ1) is 14.0. The van der Waals surface area contributed by atoms with Crippen LogP contribution in [0.2, 0.25) is 0 Å². The van der Waals surface area contributed by atoms with Crippen molar-refractivity contribution in [2.45, 2.75) is 58.2 Å². The molecule has 1 aromatic carbocycles. The third-order valence-electron chi connectivity index (χ3n) is 3.57. The third-order valence-corrected chi connectivity index (χ3v) is 5.33. The van der Waals surface area contributed by atoms with E-state index in [0.29, 0.717) is 0 Å². The van der Waals surface area contributed by atoms with E-state index in [0.717, 1.165) is 25.7 Å². The molecule has 0 aromatic heterocycles. The first-order chi connectivity index (χ1) is 8.72. The van der Waals surface area contributed by atoms with Gasteiger partial charge in [-0.25, -0.2) is 0 Å². The molecule has 18 heavy (non-hydrogen) atoms. The summed E-state index contributed by atoms with van der Waals surface area (Å²) in [5.41, 5.74) is -0.0644. The molecule has 2 unspecified atom stereocenters. The van der Waals surface area contributed by atoms with Gasteiger partial charge in [-0.05, 0) is 31.9 Å². The Kier molecular flexibility index (Phi) is 4.77. The summed E-state index contributed by atoms with van der Waals surface area (Å²) in [5.74, 6) is 0. The Hall–Kier alpha value is -0.430. The van der Waals surface area contributed by atoms with Crippen LogP contribution in [0.5, 0.6) is 0 Å². The van der Waals surface area contributed by atoms with Gasteiger partial charge >= 0.3 is 0 Å². The molecular formula is C15H23O2P. The molecule has 0 bridgehead atoms. The largest absolute Gasteiger partial charge is 0.324 e.